The molecule has 0 spiro atoms. The van der Waals surface area contributed by atoms with Gasteiger partial charge in [-0.3, -0.25) is 28.2 Å². The van der Waals surface area contributed by atoms with Crippen molar-refractivity contribution < 1.29 is 155 Å². The van der Waals surface area contributed by atoms with Crippen LogP contribution in [-0.4, -0.2) is 322 Å². The van der Waals surface area contributed by atoms with Gasteiger partial charge in [-0.25, -0.2) is 4.18 Å². The predicted octanol–water partition coefficient (Wildman–Crippen LogP) is -11.8. The lowest BCUT2D eigenvalue weighted by Gasteiger charge is -2.51. The highest BCUT2D eigenvalue weighted by Crippen LogP contribution is 2.39. The number of amides is 5. The minimum atomic E-state index is -4.83. The van der Waals surface area contributed by atoms with Gasteiger partial charge in [-0.2, -0.15) is 8.42 Å². The highest BCUT2D eigenvalue weighted by atomic mass is 32.3. The average Bonchev–Trinajstić information content (AvgIpc) is 2.14. The Balaban J connectivity index is 1.30. The first-order valence-electron chi connectivity index (χ1n) is 27.3. The summed E-state index contributed by atoms with van der Waals surface area (Å²) in [5.41, 5.74) is 0. The van der Waals surface area contributed by atoms with Crippen molar-refractivity contribution in [3.8, 4) is 0 Å². The lowest BCUT2D eigenvalue weighted by Crippen LogP contribution is -2.71. The standard InChI is InChI=1S/C48H81N5O32S/c1-14-31(62)38(69)39(70)48(77-14)75-13-25-43(35(66)27(44(71)79-25)50-16(3)58)78-21-8-20(12-76-86(72,73)74-7)40(34(65)26(21)49-15(2)57)83-46-29(52-18(5)60)36(67)42(23(10-55)81-46)85-47-30(53-19(6)61)37(68)41(24(11-56)82-47)84-45-28(51-17(4)59)33(64)32(63)22(9-54)80-45/h14,20-48,54-56,62-71H,8-13H2,1-7H3,(H,49,57)(H,50,58)(H,51,59)(H,52,60)(H,53,61). The molecule has 38 heteroatoms. The molecule has 30 atom stereocenters. The first kappa shape index (κ1) is 71.4. The molecule has 0 aromatic heterocycles. The molecule has 30 unspecified atom stereocenters. The maximum atomic E-state index is 13.0. The summed E-state index contributed by atoms with van der Waals surface area (Å²) in [7, 11) is -4.07. The zero-order chi connectivity index (χ0) is 64.0. The van der Waals surface area contributed by atoms with E-state index in [-0.39, 0.29) is 0 Å². The molecule has 0 bridgehead atoms. The lowest BCUT2D eigenvalue weighted by atomic mass is 9.79. The molecular weight excluding hydrogens is 1190 g/mol. The zero-order valence-corrected chi connectivity index (χ0v) is 48.4. The third-order valence-electron chi connectivity index (χ3n) is 15.3. The molecule has 5 heterocycles. The first-order chi connectivity index (χ1) is 40.4. The Morgan fingerprint density at radius 2 is 0.849 bits per heavy atom. The lowest BCUT2D eigenvalue weighted by molar-refractivity contribution is -0.358. The van der Waals surface area contributed by atoms with Gasteiger partial charge >= 0.3 is 10.4 Å². The normalized spacial score (nSPS) is 44.0. The number of hydrogen-bond acceptors (Lipinski definition) is 32. The molecule has 6 aliphatic rings. The van der Waals surface area contributed by atoms with Crippen LogP contribution < -0.4 is 26.6 Å². The van der Waals surface area contributed by atoms with Gasteiger partial charge in [0.1, 0.15) is 122 Å². The summed E-state index contributed by atoms with van der Waals surface area (Å²) in [5, 5.41) is 155. The second-order valence-corrected chi connectivity index (χ2v) is 23.0. The van der Waals surface area contributed by atoms with Crippen LogP contribution in [0.3, 0.4) is 0 Å². The van der Waals surface area contributed by atoms with E-state index in [4.69, 9.17) is 51.6 Å². The van der Waals surface area contributed by atoms with E-state index in [9.17, 15) is 98.8 Å². The number of rotatable bonds is 23. The molecule has 6 rings (SSSR count). The quantitative estimate of drug-likeness (QED) is 0.0452. The van der Waals surface area contributed by atoms with Gasteiger partial charge in [-0.05, 0) is 13.3 Å². The largest absolute Gasteiger partial charge is 0.399 e. The molecule has 5 amide bonds. The molecule has 5 saturated heterocycles. The fourth-order valence-electron chi connectivity index (χ4n) is 11.1. The zero-order valence-electron chi connectivity index (χ0n) is 47.5. The molecule has 18 N–H and O–H groups in total. The van der Waals surface area contributed by atoms with Crippen LogP contribution >= 0.6 is 0 Å². The maximum absolute atomic E-state index is 13.0. The van der Waals surface area contributed by atoms with Crippen LogP contribution in [0.2, 0.25) is 0 Å². The van der Waals surface area contributed by atoms with E-state index in [0.717, 1.165) is 41.7 Å². The van der Waals surface area contributed by atoms with Crippen LogP contribution in [0.1, 0.15) is 48.0 Å². The Morgan fingerprint density at radius 3 is 1.31 bits per heavy atom. The number of nitrogens with one attached hydrogen (secondary N) is 5. The third kappa shape index (κ3) is 17.0. The van der Waals surface area contributed by atoms with Crippen molar-refractivity contribution in [2.24, 2.45) is 5.92 Å². The van der Waals surface area contributed by atoms with Crippen molar-refractivity contribution >= 4 is 39.9 Å². The SMILES string of the molecule is COS(=O)(=O)OCC1CC(OC2C(COC3OC(C)C(O)C(O)C3O)OC(O)C(NC(C)=O)C2O)C(NC(C)=O)C(O)C1OC1OC(CO)C(OC2OC(CO)C(OC3OC(CO)C(O)C(O)C3NC(C)=O)C(O)C2NC(C)=O)C(O)C1NC(C)=O. The van der Waals surface area contributed by atoms with Gasteiger partial charge in [-0.15, -0.1) is 0 Å². The monoisotopic (exact) mass is 1270 g/mol. The number of ether oxygens (including phenoxy) is 10. The number of carbonyl (C=O) groups is 5. The molecule has 6 fully saturated rings. The molecule has 0 aromatic rings. The minimum Gasteiger partial charge on any atom is -0.394 e. The van der Waals surface area contributed by atoms with Gasteiger partial charge in [0.2, 0.25) is 29.5 Å². The predicted molar refractivity (Wildman–Crippen MR) is 274 cm³/mol. The number of carbonyl (C=O) groups excluding carboxylic acids is 5. The Labute approximate surface area is 491 Å². The summed E-state index contributed by atoms with van der Waals surface area (Å²) in [6.45, 7) is 1.88. The fourth-order valence-corrected chi connectivity index (χ4v) is 11.5. The van der Waals surface area contributed by atoms with Crippen molar-refractivity contribution in [1.29, 1.82) is 0 Å². The minimum absolute atomic E-state index is 0.550. The Bertz CT molecular complexity index is 2370. The van der Waals surface area contributed by atoms with Crippen molar-refractivity contribution in [2.45, 2.75) is 226 Å². The molecule has 496 valence electrons. The maximum Gasteiger partial charge on any atom is 0.399 e. The third-order valence-corrected chi connectivity index (χ3v) is 16.1. The topological polar surface area (TPSA) is 553 Å². The van der Waals surface area contributed by atoms with Gasteiger partial charge in [0.15, 0.2) is 31.5 Å². The molecular formula is C48H81N5O32S. The Morgan fingerprint density at radius 1 is 0.442 bits per heavy atom. The smallest absolute Gasteiger partial charge is 0.394 e. The van der Waals surface area contributed by atoms with Crippen LogP contribution in [0.25, 0.3) is 0 Å². The summed E-state index contributed by atoms with van der Waals surface area (Å²) < 4.78 is 94.6. The van der Waals surface area contributed by atoms with Crippen molar-refractivity contribution in [3.05, 3.63) is 0 Å². The number of aliphatic hydroxyl groups excluding tert-OH is 13. The van der Waals surface area contributed by atoms with Crippen molar-refractivity contribution in [1.82, 2.24) is 26.6 Å². The van der Waals surface area contributed by atoms with E-state index < -0.39 is 263 Å². The highest BCUT2D eigenvalue weighted by molar-refractivity contribution is 7.81. The summed E-state index contributed by atoms with van der Waals surface area (Å²) >= 11 is 0. The van der Waals surface area contributed by atoms with Gasteiger partial charge in [0.25, 0.3) is 0 Å². The van der Waals surface area contributed by atoms with E-state index in [1.165, 1.54) is 6.92 Å². The van der Waals surface area contributed by atoms with Crippen molar-refractivity contribution in [2.75, 3.05) is 40.1 Å². The molecule has 1 aliphatic carbocycles. The summed E-state index contributed by atoms with van der Waals surface area (Å²) in [6.07, 6.45) is -43.2. The van der Waals surface area contributed by atoms with E-state index in [0.29, 0.717) is 0 Å². The number of aliphatic hydroxyl groups is 13. The van der Waals surface area contributed by atoms with E-state index in [1.807, 2.05) is 0 Å². The second-order valence-electron chi connectivity index (χ2n) is 21.6. The van der Waals surface area contributed by atoms with Crippen LogP contribution in [0.4, 0.5) is 0 Å². The molecule has 0 aromatic carbocycles. The van der Waals surface area contributed by atoms with E-state index in [2.05, 4.69) is 30.8 Å². The average molecular weight is 1270 g/mol. The van der Waals surface area contributed by atoms with Gasteiger partial charge < -0.3 is 140 Å². The highest BCUT2D eigenvalue weighted by Gasteiger charge is 2.58. The molecule has 86 heavy (non-hydrogen) atoms. The Kier molecular flexibility index (Phi) is 25.6. The Hall–Kier alpha value is -3.70. The van der Waals surface area contributed by atoms with Crippen LogP contribution in [-0.2, 0) is 90.1 Å². The number of hydrogen-bond donors (Lipinski definition) is 18. The summed E-state index contributed by atoms with van der Waals surface area (Å²) in [5.74, 6) is -5.52. The molecule has 1 saturated carbocycles. The molecule has 5 aliphatic heterocycles. The van der Waals surface area contributed by atoms with E-state index in [1.54, 1.807) is 0 Å². The second kappa shape index (κ2) is 30.9. The molecule has 37 nitrogen and oxygen atoms in total. The van der Waals surface area contributed by atoms with Crippen LogP contribution in [0.5, 0.6) is 0 Å². The van der Waals surface area contributed by atoms with E-state index >= 15 is 0 Å². The van der Waals surface area contributed by atoms with Crippen LogP contribution in [0.15, 0.2) is 0 Å². The van der Waals surface area contributed by atoms with Gasteiger partial charge in [-0.1, -0.05) is 0 Å². The van der Waals surface area contributed by atoms with Gasteiger partial charge in [0, 0.05) is 40.5 Å². The fraction of sp³-hybridized carbons (Fsp3) is 0.896. The summed E-state index contributed by atoms with van der Waals surface area (Å²) in [4.78, 5) is 63.1. The van der Waals surface area contributed by atoms with Crippen LogP contribution in [0, 0.1) is 5.92 Å². The first-order valence-corrected chi connectivity index (χ1v) is 28.6. The van der Waals surface area contributed by atoms with Gasteiger partial charge in [0.05, 0.1) is 64.5 Å². The summed E-state index contributed by atoms with van der Waals surface area (Å²) in [6, 6.07) is -8.45. The molecule has 0 radical (unpaired) electrons. The van der Waals surface area contributed by atoms with Crippen molar-refractivity contribution in [3.63, 3.8) is 0 Å².